The Morgan fingerprint density at radius 1 is 0.833 bits per heavy atom. The summed E-state index contributed by atoms with van der Waals surface area (Å²) in [5.41, 5.74) is 1.92. The van der Waals surface area contributed by atoms with Gasteiger partial charge in [0, 0.05) is 36.1 Å². The maximum absolute atomic E-state index is 8.55. The molecule has 6 nitrogen and oxygen atoms in total. The van der Waals surface area contributed by atoms with Crippen molar-refractivity contribution in [2.24, 2.45) is 10.3 Å². The molecule has 2 aliphatic heterocycles. The van der Waals surface area contributed by atoms with E-state index in [1.165, 1.54) is 12.4 Å². The summed E-state index contributed by atoms with van der Waals surface area (Å²) in [5, 5.41) is 23.2. The van der Waals surface area contributed by atoms with Crippen molar-refractivity contribution in [1.82, 2.24) is 0 Å². The molecule has 0 saturated carbocycles. The summed E-state index contributed by atoms with van der Waals surface area (Å²) < 4.78 is 4.14. The van der Waals surface area contributed by atoms with Crippen molar-refractivity contribution in [2.45, 2.75) is 12.8 Å². The molecule has 0 aliphatic carbocycles. The molecule has 0 aromatic carbocycles. The molecule has 8 heteroatoms. The van der Waals surface area contributed by atoms with Crippen molar-refractivity contribution in [3.8, 4) is 0 Å². The molecule has 0 aromatic rings. The Labute approximate surface area is 162 Å². The molecule has 2 rings (SSSR count). The van der Waals surface area contributed by atoms with E-state index < -0.39 is 0 Å². The van der Waals surface area contributed by atoms with Crippen LogP contribution in [0.4, 0.5) is 0 Å². The third-order valence-corrected chi connectivity index (χ3v) is 3.25. The van der Waals surface area contributed by atoms with Crippen LogP contribution < -0.4 is 34.0 Å². The van der Waals surface area contributed by atoms with Crippen LogP contribution in [0.25, 0.3) is 0 Å². The van der Waals surface area contributed by atoms with Crippen LogP contribution in [0.15, 0.2) is 58.2 Å². The highest BCUT2D eigenvalue weighted by atomic mass is 79.9. The third-order valence-electron chi connectivity index (χ3n) is 3.25. The lowest BCUT2D eigenvalue weighted by Crippen LogP contribution is -3.00. The van der Waals surface area contributed by atoms with E-state index in [0.717, 1.165) is 24.0 Å². The molecule has 2 N–H and O–H groups in total. The molecule has 0 saturated heterocycles. The topological polar surface area (TPSA) is 71.2 Å². The second-order valence-corrected chi connectivity index (χ2v) is 4.94. The average molecular weight is 460 g/mol. The molecule has 0 amide bonds. The van der Waals surface area contributed by atoms with Gasteiger partial charge in [0.2, 0.25) is 0 Å². The van der Waals surface area contributed by atoms with Gasteiger partial charge in [-0.25, -0.2) is 9.15 Å². The summed E-state index contributed by atoms with van der Waals surface area (Å²) in [6.45, 7) is 1.42. The van der Waals surface area contributed by atoms with Crippen LogP contribution in [0.3, 0.4) is 0 Å². The van der Waals surface area contributed by atoms with Crippen molar-refractivity contribution < 1.29 is 53.5 Å². The van der Waals surface area contributed by atoms with Crippen molar-refractivity contribution in [2.75, 3.05) is 13.1 Å². The summed E-state index contributed by atoms with van der Waals surface area (Å²) in [5.74, 6) is 0. The maximum Gasteiger partial charge on any atom is 0.175 e. The quantitative estimate of drug-likeness (QED) is 0.144. The smallest absolute Gasteiger partial charge is 0.175 e. The number of halogens is 2. The van der Waals surface area contributed by atoms with Crippen molar-refractivity contribution in [3.63, 3.8) is 0 Å². The van der Waals surface area contributed by atoms with Crippen LogP contribution in [-0.4, -0.2) is 57.5 Å². The third kappa shape index (κ3) is 7.65. The first-order valence-electron chi connectivity index (χ1n) is 7.09. The number of nitrogens with zero attached hydrogens (tertiary/aromatic N) is 4. The number of unbranched alkanes of at least 4 members (excludes halogenated alkanes) is 1. The Balaban J connectivity index is 0.00000264. The monoisotopic (exact) mass is 458 g/mol. The molecular formula is C16H20Br2N4O2. The first-order chi connectivity index (χ1) is 10.8. The van der Waals surface area contributed by atoms with Crippen LogP contribution in [-0.2, 0) is 0 Å². The van der Waals surface area contributed by atoms with Crippen LogP contribution >= 0.6 is 0 Å². The zero-order chi connectivity index (χ0) is 15.6. The van der Waals surface area contributed by atoms with E-state index in [-0.39, 0.29) is 34.0 Å². The van der Waals surface area contributed by atoms with Gasteiger partial charge in [-0.15, -0.1) is 0 Å². The lowest BCUT2D eigenvalue weighted by atomic mass is 10.2. The van der Waals surface area contributed by atoms with E-state index in [9.17, 15) is 0 Å². The van der Waals surface area contributed by atoms with Crippen LogP contribution in [0.5, 0.6) is 0 Å². The number of hydrogen-bond acceptors (Lipinski definition) is 4. The van der Waals surface area contributed by atoms with Gasteiger partial charge in [-0.1, -0.05) is 10.3 Å². The Morgan fingerprint density at radius 2 is 1.25 bits per heavy atom. The van der Waals surface area contributed by atoms with Gasteiger partial charge in [0.05, 0.1) is 12.4 Å². The Hall–Kier alpha value is -1.80. The normalized spacial score (nSPS) is 20.2. The maximum atomic E-state index is 8.55. The first-order valence-corrected chi connectivity index (χ1v) is 7.09. The zero-order valence-electron chi connectivity index (χ0n) is 13.0. The summed E-state index contributed by atoms with van der Waals surface area (Å²) in [6, 6.07) is 0. The van der Waals surface area contributed by atoms with Crippen LogP contribution in [0.1, 0.15) is 12.8 Å². The van der Waals surface area contributed by atoms with Gasteiger partial charge in [-0.3, -0.25) is 0 Å². The highest BCUT2D eigenvalue weighted by Crippen LogP contribution is 2.02. The number of hydrogen-bond donors (Lipinski definition) is 2. The summed E-state index contributed by atoms with van der Waals surface area (Å²) >= 11 is 0. The standard InChI is InChI=1S/C16H18N4O2.2BrH/c21-17-11-15-5-3-9-19(13-15)7-1-2-8-20-10-4-6-16(14-20)12-18-22;;/h3-12H,1-2,13-14H2;2*1H. The SMILES string of the molecule is ON=CC1=CC=C[N+](=CCCC=[N+]2C=CC=C(C=NO)C2)C1.[Br-].[Br-]. The lowest BCUT2D eigenvalue weighted by molar-refractivity contribution is -0.446. The Kier molecular flexibility index (Phi) is 11.7. The molecule has 0 fully saturated rings. The summed E-state index contributed by atoms with van der Waals surface area (Å²) in [4.78, 5) is 0. The minimum atomic E-state index is 0. The van der Waals surface area contributed by atoms with Gasteiger partial charge in [0.15, 0.2) is 25.5 Å². The molecule has 0 radical (unpaired) electrons. The van der Waals surface area contributed by atoms with E-state index in [1.54, 1.807) is 0 Å². The fraction of sp³-hybridized carbons (Fsp3) is 0.250. The van der Waals surface area contributed by atoms with E-state index in [0.29, 0.717) is 13.1 Å². The lowest BCUT2D eigenvalue weighted by Gasteiger charge is -2.03. The second kappa shape index (κ2) is 12.6. The van der Waals surface area contributed by atoms with E-state index in [2.05, 4.69) is 31.9 Å². The van der Waals surface area contributed by atoms with Crippen LogP contribution in [0.2, 0.25) is 0 Å². The summed E-state index contributed by atoms with van der Waals surface area (Å²) in [6.07, 6.45) is 20.6. The molecule has 0 bridgehead atoms. The van der Waals surface area contributed by atoms with Gasteiger partial charge in [0.1, 0.15) is 12.4 Å². The average Bonchev–Trinajstić information content (AvgIpc) is 2.53. The fourth-order valence-corrected chi connectivity index (χ4v) is 2.23. The highest BCUT2D eigenvalue weighted by Gasteiger charge is 2.09. The van der Waals surface area contributed by atoms with E-state index >= 15 is 0 Å². The van der Waals surface area contributed by atoms with E-state index in [4.69, 9.17) is 10.4 Å². The predicted octanol–water partition coefficient (Wildman–Crippen LogP) is -4.23. The highest BCUT2D eigenvalue weighted by molar-refractivity contribution is 5.79. The molecule has 0 unspecified atom stereocenters. The van der Waals surface area contributed by atoms with Crippen LogP contribution in [0, 0.1) is 0 Å². The Bertz CT molecular complexity index is 588. The molecule has 2 aliphatic rings. The number of rotatable bonds is 5. The minimum Gasteiger partial charge on any atom is -1.00 e. The fourth-order valence-electron chi connectivity index (χ4n) is 2.23. The van der Waals surface area contributed by atoms with Crippen molar-refractivity contribution in [1.29, 1.82) is 0 Å². The van der Waals surface area contributed by atoms with Gasteiger partial charge < -0.3 is 44.4 Å². The van der Waals surface area contributed by atoms with Gasteiger partial charge in [0.25, 0.3) is 0 Å². The largest absolute Gasteiger partial charge is 1.00 e. The number of oxime groups is 2. The van der Waals surface area contributed by atoms with Gasteiger partial charge in [-0.05, 0) is 12.2 Å². The van der Waals surface area contributed by atoms with E-state index in [1.807, 2.05) is 36.7 Å². The van der Waals surface area contributed by atoms with Gasteiger partial charge in [-0.2, -0.15) is 0 Å². The molecule has 130 valence electrons. The minimum absolute atomic E-state index is 0. The van der Waals surface area contributed by atoms with Crippen molar-refractivity contribution >= 4 is 24.9 Å². The van der Waals surface area contributed by atoms with Gasteiger partial charge >= 0.3 is 0 Å². The Morgan fingerprint density at radius 3 is 1.62 bits per heavy atom. The second-order valence-electron chi connectivity index (χ2n) is 4.94. The first kappa shape index (κ1) is 22.2. The molecule has 0 atom stereocenters. The van der Waals surface area contributed by atoms with Crippen molar-refractivity contribution in [3.05, 3.63) is 47.9 Å². The zero-order valence-corrected chi connectivity index (χ0v) is 16.2. The number of allylic oxidation sites excluding steroid dienone is 4. The molecule has 24 heavy (non-hydrogen) atoms. The molecular weight excluding hydrogens is 440 g/mol. The summed E-state index contributed by atoms with van der Waals surface area (Å²) in [7, 11) is 0. The molecule has 0 aromatic heterocycles. The molecule has 2 heterocycles. The predicted molar refractivity (Wildman–Crippen MR) is 86.6 cm³/mol. The molecule has 0 spiro atoms.